The van der Waals surface area contributed by atoms with E-state index in [9.17, 15) is 19.8 Å². The van der Waals surface area contributed by atoms with Gasteiger partial charge in [-0.15, -0.1) is 11.3 Å². The summed E-state index contributed by atoms with van der Waals surface area (Å²) in [4.78, 5) is 28.2. The van der Waals surface area contributed by atoms with Gasteiger partial charge in [-0.25, -0.2) is 4.79 Å². The molecule has 1 aromatic heterocycles. The third-order valence-corrected chi connectivity index (χ3v) is 7.11. The lowest BCUT2D eigenvalue weighted by molar-refractivity contribution is -0.123. The van der Waals surface area contributed by atoms with Gasteiger partial charge in [-0.1, -0.05) is 27.7 Å². The molecule has 0 radical (unpaired) electrons. The number of hydrogen-bond acceptors (Lipinski definition) is 4. The summed E-state index contributed by atoms with van der Waals surface area (Å²) in [5, 5.41) is 19.4. The molecule has 28 heavy (non-hydrogen) atoms. The zero-order valence-electron chi connectivity index (χ0n) is 17.8. The minimum absolute atomic E-state index is 0.0395. The van der Waals surface area contributed by atoms with Crippen molar-refractivity contribution in [3.8, 4) is 0 Å². The van der Waals surface area contributed by atoms with Crippen LogP contribution in [0.3, 0.4) is 0 Å². The fraction of sp³-hybridized carbons (Fsp3) is 0.727. The number of carboxylic acid groups (broad SMARTS) is 1. The Labute approximate surface area is 172 Å². The predicted molar refractivity (Wildman–Crippen MR) is 114 cm³/mol. The molecule has 0 aromatic carbocycles. The number of aliphatic hydroxyl groups excluding tert-OH is 1. The van der Waals surface area contributed by atoms with Crippen LogP contribution in [0.4, 0.5) is 5.69 Å². The highest BCUT2D eigenvalue weighted by Gasteiger charge is 2.33. The van der Waals surface area contributed by atoms with E-state index in [1.54, 1.807) is 11.8 Å². The standard InChI is InChI=1S/C22H35NO4S/c1-14-8-10-16(11-9-14)20(25)23(12-6-7-15(2)24)17-13-18(22(3,4)5)28-19(17)21(26)27/h13-16,24H,6-12H2,1-5H3,(H,26,27). The first-order valence-electron chi connectivity index (χ1n) is 10.4. The van der Waals surface area contributed by atoms with E-state index in [1.807, 2.05) is 6.07 Å². The molecule has 6 heteroatoms. The maximum Gasteiger partial charge on any atom is 0.348 e. The third kappa shape index (κ3) is 5.80. The summed E-state index contributed by atoms with van der Waals surface area (Å²) in [6.07, 6.45) is 4.62. The van der Waals surface area contributed by atoms with Gasteiger partial charge in [-0.3, -0.25) is 4.79 Å². The third-order valence-electron chi connectivity index (χ3n) is 5.57. The minimum Gasteiger partial charge on any atom is -0.477 e. The molecule has 1 saturated carbocycles. The van der Waals surface area contributed by atoms with Crippen molar-refractivity contribution in [2.75, 3.05) is 11.4 Å². The molecule has 158 valence electrons. The average molecular weight is 410 g/mol. The number of hydrogen-bond donors (Lipinski definition) is 2. The summed E-state index contributed by atoms with van der Waals surface area (Å²) >= 11 is 1.26. The van der Waals surface area contributed by atoms with Gasteiger partial charge in [0, 0.05) is 17.3 Å². The molecule has 1 heterocycles. The van der Waals surface area contributed by atoms with Crippen LogP contribution in [0.5, 0.6) is 0 Å². The zero-order chi connectivity index (χ0) is 21.1. The fourth-order valence-corrected chi connectivity index (χ4v) is 4.78. The minimum atomic E-state index is -0.985. The smallest absolute Gasteiger partial charge is 0.348 e. The molecule has 1 unspecified atom stereocenters. The zero-order valence-corrected chi connectivity index (χ0v) is 18.6. The van der Waals surface area contributed by atoms with E-state index < -0.39 is 12.1 Å². The topological polar surface area (TPSA) is 77.8 Å². The number of anilines is 1. The normalized spacial score (nSPS) is 21.4. The summed E-state index contributed by atoms with van der Waals surface area (Å²) in [7, 11) is 0. The molecule has 1 atom stereocenters. The van der Waals surface area contributed by atoms with Gasteiger partial charge in [0.25, 0.3) is 0 Å². The van der Waals surface area contributed by atoms with Crippen LogP contribution in [-0.2, 0) is 10.2 Å². The highest BCUT2D eigenvalue weighted by Crippen LogP contribution is 2.39. The number of carboxylic acids is 1. The number of amides is 1. The van der Waals surface area contributed by atoms with E-state index >= 15 is 0 Å². The molecule has 5 nitrogen and oxygen atoms in total. The molecule has 0 bridgehead atoms. The lowest BCUT2D eigenvalue weighted by Crippen LogP contribution is -2.39. The number of nitrogens with zero attached hydrogens (tertiary/aromatic N) is 1. The first-order valence-corrected chi connectivity index (χ1v) is 11.2. The highest BCUT2D eigenvalue weighted by molar-refractivity contribution is 7.14. The largest absolute Gasteiger partial charge is 0.477 e. The van der Waals surface area contributed by atoms with Gasteiger partial charge in [0.1, 0.15) is 4.88 Å². The Kier molecular flexibility index (Phi) is 7.68. The van der Waals surface area contributed by atoms with Crippen molar-refractivity contribution in [3.05, 3.63) is 15.8 Å². The predicted octanol–water partition coefficient (Wildman–Crippen LogP) is 5.06. The Balaban J connectivity index is 2.36. The Bertz CT molecular complexity index is 681. The van der Waals surface area contributed by atoms with E-state index in [0.717, 1.165) is 30.6 Å². The van der Waals surface area contributed by atoms with Crippen LogP contribution in [-0.4, -0.2) is 34.7 Å². The van der Waals surface area contributed by atoms with Gasteiger partial charge < -0.3 is 15.1 Å². The van der Waals surface area contributed by atoms with Crippen molar-refractivity contribution < 1.29 is 19.8 Å². The van der Waals surface area contributed by atoms with Crippen LogP contribution >= 0.6 is 11.3 Å². The SMILES string of the molecule is CC(O)CCCN(C(=O)C1CCC(C)CC1)c1cc(C(C)(C)C)sc1C(=O)O. The number of thiophene rings is 1. The molecule has 2 rings (SSSR count). The number of aliphatic hydroxyl groups is 1. The van der Waals surface area contributed by atoms with E-state index in [1.165, 1.54) is 11.3 Å². The molecule has 0 aliphatic heterocycles. The average Bonchev–Trinajstić information content (AvgIpc) is 3.04. The van der Waals surface area contributed by atoms with Gasteiger partial charge in [0.05, 0.1) is 11.8 Å². The van der Waals surface area contributed by atoms with Gasteiger partial charge in [-0.05, 0) is 62.8 Å². The molecule has 0 saturated heterocycles. The van der Waals surface area contributed by atoms with Gasteiger partial charge in [0.2, 0.25) is 5.91 Å². The lowest BCUT2D eigenvalue weighted by atomic mass is 9.82. The number of carbonyl (C=O) groups is 2. The van der Waals surface area contributed by atoms with E-state index in [-0.39, 0.29) is 22.1 Å². The van der Waals surface area contributed by atoms with Crippen LogP contribution in [0.15, 0.2) is 6.07 Å². The van der Waals surface area contributed by atoms with Crippen molar-refractivity contribution in [2.45, 2.75) is 84.7 Å². The number of rotatable bonds is 7. The second-order valence-corrected chi connectivity index (χ2v) is 10.4. The van der Waals surface area contributed by atoms with Crippen molar-refractivity contribution >= 4 is 28.9 Å². The summed E-state index contributed by atoms with van der Waals surface area (Å²) in [6, 6.07) is 1.89. The quantitative estimate of drug-likeness (QED) is 0.659. The van der Waals surface area contributed by atoms with Crippen LogP contribution in [0.2, 0.25) is 0 Å². The maximum atomic E-state index is 13.4. The van der Waals surface area contributed by atoms with Crippen molar-refractivity contribution in [1.29, 1.82) is 0 Å². The summed E-state index contributed by atoms with van der Waals surface area (Å²) < 4.78 is 0. The molecule has 1 amide bonds. The van der Waals surface area contributed by atoms with Crippen LogP contribution in [0.25, 0.3) is 0 Å². The van der Waals surface area contributed by atoms with Crippen molar-refractivity contribution in [3.63, 3.8) is 0 Å². The second kappa shape index (κ2) is 9.40. The number of aromatic carboxylic acids is 1. The van der Waals surface area contributed by atoms with Gasteiger partial charge >= 0.3 is 5.97 Å². The molecule has 1 aliphatic rings. The van der Waals surface area contributed by atoms with Gasteiger partial charge in [0.15, 0.2) is 0 Å². The maximum absolute atomic E-state index is 13.4. The molecule has 1 fully saturated rings. The Hall–Kier alpha value is -1.40. The first kappa shape index (κ1) is 22.9. The van der Waals surface area contributed by atoms with E-state index in [4.69, 9.17) is 0 Å². The van der Waals surface area contributed by atoms with E-state index in [0.29, 0.717) is 31.0 Å². The van der Waals surface area contributed by atoms with Crippen LogP contribution in [0, 0.1) is 11.8 Å². The Morgan fingerprint density at radius 2 is 1.86 bits per heavy atom. The van der Waals surface area contributed by atoms with E-state index in [2.05, 4.69) is 27.7 Å². The Morgan fingerprint density at radius 1 is 1.25 bits per heavy atom. The highest BCUT2D eigenvalue weighted by atomic mass is 32.1. The summed E-state index contributed by atoms with van der Waals surface area (Å²) in [6.45, 7) is 10.6. The molecule has 0 spiro atoms. The molecule has 1 aromatic rings. The van der Waals surface area contributed by atoms with Crippen LogP contribution < -0.4 is 4.90 Å². The fourth-order valence-electron chi connectivity index (χ4n) is 3.73. The van der Waals surface area contributed by atoms with Crippen molar-refractivity contribution in [1.82, 2.24) is 0 Å². The molecular formula is C22H35NO4S. The second-order valence-electron chi connectivity index (χ2n) is 9.32. The molecule has 1 aliphatic carbocycles. The Morgan fingerprint density at radius 3 is 2.36 bits per heavy atom. The first-order chi connectivity index (χ1) is 13.0. The summed E-state index contributed by atoms with van der Waals surface area (Å²) in [5.74, 6) is -0.335. The summed E-state index contributed by atoms with van der Waals surface area (Å²) in [5.41, 5.74) is 0.346. The monoisotopic (exact) mass is 409 g/mol. The lowest BCUT2D eigenvalue weighted by Gasteiger charge is -2.31. The van der Waals surface area contributed by atoms with Crippen molar-refractivity contribution in [2.24, 2.45) is 11.8 Å². The number of carbonyl (C=O) groups excluding carboxylic acids is 1. The van der Waals surface area contributed by atoms with Gasteiger partial charge in [-0.2, -0.15) is 0 Å². The molecular weight excluding hydrogens is 374 g/mol. The molecule has 2 N–H and O–H groups in total. The van der Waals surface area contributed by atoms with Crippen LogP contribution in [0.1, 0.15) is 87.7 Å².